The highest BCUT2D eigenvalue weighted by Crippen LogP contribution is 2.13. The van der Waals surface area contributed by atoms with E-state index in [2.05, 4.69) is 15.9 Å². The van der Waals surface area contributed by atoms with E-state index in [4.69, 9.17) is 9.15 Å². The van der Waals surface area contributed by atoms with Gasteiger partial charge in [0.2, 0.25) is 5.78 Å². The lowest BCUT2D eigenvalue weighted by Gasteiger charge is -2.10. The molecular formula is C16H13BrO4. The lowest BCUT2D eigenvalue weighted by atomic mass is 10.1. The fourth-order valence-electron chi connectivity index (χ4n) is 1.65. The molecule has 1 aromatic heterocycles. The zero-order valence-electron chi connectivity index (χ0n) is 11.3. The second kappa shape index (κ2) is 7.04. The summed E-state index contributed by atoms with van der Waals surface area (Å²) in [5.41, 5.74) is 0.494. The number of esters is 1. The van der Waals surface area contributed by atoms with Crippen LogP contribution in [0.1, 0.15) is 23.0 Å². The van der Waals surface area contributed by atoms with Crippen LogP contribution in [-0.2, 0) is 9.53 Å². The number of benzene rings is 1. The van der Waals surface area contributed by atoms with Crippen LogP contribution >= 0.6 is 15.9 Å². The van der Waals surface area contributed by atoms with Crippen molar-refractivity contribution in [1.82, 2.24) is 0 Å². The summed E-state index contributed by atoms with van der Waals surface area (Å²) in [5.74, 6) is -0.301. The molecule has 0 radical (unpaired) electrons. The van der Waals surface area contributed by atoms with Gasteiger partial charge in [0.05, 0.1) is 6.26 Å². The summed E-state index contributed by atoms with van der Waals surface area (Å²) in [4.78, 5) is 23.7. The quantitative estimate of drug-likeness (QED) is 0.467. The van der Waals surface area contributed by atoms with E-state index < -0.39 is 12.1 Å². The van der Waals surface area contributed by atoms with Crippen molar-refractivity contribution in [2.75, 3.05) is 0 Å². The van der Waals surface area contributed by atoms with Crippen molar-refractivity contribution in [2.24, 2.45) is 0 Å². The van der Waals surface area contributed by atoms with Gasteiger partial charge in [-0.1, -0.05) is 28.1 Å². The van der Waals surface area contributed by atoms with E-state index >= 15 is 0 Å². The molecule has 2 rings (SSSR count). The van der Waals surface area contributed by atoms with Crippen molar-refractivity contribution in [3.63, 3.8) is 0 Å². The third kappa shape index (κ3) is 4.43. The first-order valence-corrected chi connectivity index (χ1v) is 7.07. The summed E-state index contributed by atoms with van der Waals surface area (Å²) < 4.78 is 11.0. The van der Waals surface area contributed by atoms with Gasteiger partial charge in [0.25, 0.3) is 0 Å². The molecule has 0 saturated heterocycles. The molecule has 0 amide bonds. The van der Waals surface area contributed by atoms with Gasteiger partial charge in [-0.2, -0.15) is 0 Å². The first-order valence-electron chi connectivity index (χ1n) is 6.28. The van der Waals surface area contributed by atoms with E-state index in [9.17, 15) is 9.59 Å². The molecule has 21 heavy (non-hydrogen) atoms. The molecule has 1 heterocycles. The van der Waals surface area contributed by atoms with Gasteiger partial charge in [-0.25, -0.2) is 4.79 Å². The molecule has 1 aromatic carbocycles. The highest BCUT2D eigenvalue weighted by atomic mass is 79.9. The maximum atomic E-state index is 12.1. The first-order chi connectivity index (χ1) is 10.1. The lowest BCUT2D eigenvalue weighted by Crippen LogP contribution is -2.23. The number of carbonyl (C=O) groups is 2. The summed E-state index contributed by atoms with van der Waals surface area (Å²) >= 11 is 3.30. The molecule has 0 unspecified atom stereocenters. The van der Waals surface area contributed by atoms with Gasteiger partial charge in [-0.15, -0.1) is 0 Å². The van der Waals surface area contributed by atoms with Crippen LogP contribution in [0.15, 0.2) is 57.6 Å². The zero-order chi connectivity index (χ0) is 15.2. The standard InChI is InChI=1S/C16H13BrO4/c1-11(16(19)12-4-6-13(17)7-5-12)21-15(18)9-8-14-3-2-10-20-14/h2-11H,1H3/b9-8+/t11-/m0/s1. The van der Waals surface area contributed by atoms with E-state index in [1.165, 1.54) is 18.4 Å². The summed E-state index contributed by atoms with van der Waals surface area (Å²) in [6.45, 7) is 1.54. The Bertz CT molecular complexity index is 641. The SMILES string of the molecule is C[C@H](OC(=O)/C=C/c1ccco1)C(=O)c1ccc(Br)cc1. The molecule has 0 spiro atoms. The average molecular weight is 349 g/mol. The van der Waals surface area contributed by atoms with Crippen LogP contribution in [0.2, 0.25) is 0 Å². The van der Waals surface area contributed by atoms with Gasteiger partial charge in [-0.3, -0.25) is 4.79 Å². The fraction of sp³-hybridized carbons (Fsp3) is 0.125. The predicted octanol–water partition coefficient (Wildman–Crippen LogP) is 3.87. The van der Waals surface area contributed by atoms with Gasteiger partial charge in [0.15, 0.2) is 6.10 Å². The third-order valence-electron chi connectivity index (χ3n) is 2.72. The minimum atomic E-state index is -0.847. The second-order valence-electron chi connectivity index (χ2n) is 4.30. The van der Waals surface area contributed by atoms with Crippen LogP contribution in [0, 0.1) is 0 Å². The Morgan fingerprint density at radius 3 is 2.57 bits per heavy atom. The number of ether oxygens (including phenoxy) is 1. The maximum Gasteiger partial charge on any atom is 0.331 e. The smallest absolute Gasteiger partial charge is 0.331 e. The Kier molecular flexibility index (Phi) is 5.11. The van der Waals surface area contributed by atoms with Crippen LogP contribution in [0.3, 0.4) is 0 Å². The molecule has 5 heteroatoms. The minimum Gasteiger partial charge on any atom is -0.465 e. The van der Waals surface area contributed by atoms with Crippen molar-refractivity contribution in [3.8, 4) is 0 Å². The van der Waals surface area contributed by atoms with Gasteiger partial charge < -0.3 is 9.15 Å². The molecule has 0 N–H and O–H groups in total. The van der Waals surface area contributed by atoms with Gasteiger partial charge >= 0.3 is 5.97 Å². The zero-order valence-corrected chi connectivity index (χ0v) is 12.9. The number of furan rings is 1. The van der Waals surface area contributed by atoms with Gasteiger partial charge in [0, 0.05) is 16.1 Å². The van der Waals surface area contributed by atoms with Crippen LogP contribution in [-0.4, -0.2) is 17.9 Å². The Morgan fingerprint density at radius 1 is 1.24 bits per heavy atom. The van der Waals surface area contributed by atoms with E-state index in [1.807, 2.05) is 0 Å². The highest BCUT2D eigenvalue weighted by Gasteiger charge is 2.18. The largest absolute Gasteiger partial charge is 0.465 e. The van der Waals surface area contributed by atoms with Crippen LogP contribution in [0.5, 0.6) is 0 Å². The summed E-state index contributed by atoms with van der Waals surface area (Å²) in [5, 5.41) is 0. The highest BCUT2D eigenvalue weighted by molar-refractivity contribution is 9.10. The topological polar surface area (TPSA) is 56.5 Å². The minimum absolute atomic E-state index is 0.248. The molecule has 0 aliphatic rings. The summed E-state index contributed by atoms with van der Waals surface area (Å²) in [6, 6.07) is 10.3. The molecule has 2 aromatic rings. The summed E-state index contributed by atoms with van der Waals surface area (Å²) in [6.07, 6.45) is 3.37. The number of ketones is 1. The number of hydrogen-bond acceptors (Lipinski definition) is 4. The summed E-state index contributed by atoms with van der Waals surface area (Å²) in [7, 11) is 0. The number of carbonyl (C=O) groups excluding carboxylic acids is 2. The molecule has 0 saturated carbocycles. The fourth-order valence-corrected chi connectivity index (χ4v) is 1.92. The molecule has 1 atom stereocenters. The van der Waals surface area contributed by atoms with E-state index in [0.29, 0.717) is 11.3 Å². The molecule has 108 valence electrons. The van der Waals surface area contributed by atoms with E-state index in [-0.39, 0.29) is 5.78 Å². The number of hydrogen-bond donors (Lipinski definition) is 0. The first kappa shape index (κ1) is 15.3. The number of rotatable bonds is 5. The Labute approximate surface area is 130 Å². The normalized spacial score (nSPS) is 12.3. The lowest BCUT2D eigenvalue weighted by molar-refractivity contribution is -0.140. The predicted molar refractivity (Wildman–Crippen MR) is 81.8 cm³/mol. The van der Waals surface area contributed by atoms with Gasteiger partial charge in [-0.05, 0) is 37.3 Å². The van der Waals surface area contributed by atoms with Crippen LogP contribution in [0.25, 0.3) is 6.08 Å². The monoisotopic (exact) mass is 348 g/mol. The van der Waals surface area contributed by atoms with Crippen LogP contribution in [0.4, 0.5) is 0 Å². The molecule has 0 fully saturated rings. The van der Waals surface area contributed by atoms with Crippen molar-refractivity contribution in [2.45, 2.75) is 13.0 Å². The molecule has 4 nitrogen and oxygen atoms in total. The van der Waals surface area contributed by atoms with Crippen molar-refractivity contribution in [1.29, 1.82) is 0 Å². The maximum absolute atomic E-state index is 12.1. The van der Waals surface area contributed by atoms with Crippen molar-refractivity contribution in [3.05, 3.63) is 64.5 Å². The molecule has 0 bridgehead atoms. The molecule has 0 aliphatic carbocycles. The average Bonchev–Trinajstić information content (AvgIpc) is 2.98. The molecular weight excluding hydrogens is 336 g/mol. The number of Topliss-reactive ketones (excluding diaryl/α,β-unsaturated/α-hetero) is 1. The van der Waals surface area contributed by atoms with Crippen molar-refractivity contribution >= 4 is 33.8 Å². The van der Waals surface area contributed by atoms with Crippen molar-refractivity contribution < 1.29 is 18.7 Å². The Balaban J connectivity index is 1.94. The van der Waals surface area contributed by atoms with Gasteiger partial charge in [0.1, 0.15) is 5.76 Å². The van der Waals surface area contributed by atoms with Crippen LogP contribution < -0.4 is 0 Å². The Hall–Kier alpha value is -2.14. The van der Waals surface area contributed by atoms with E-state index in [0.717, 1.165) is 4.47 Å². The second-order valence-corrected chi connectivity index (χ2v) is 5.21. The third-order valence-corrected chi connectivity index (χ3v) is 3.25. The molecule has 0 aliphatic heterocycles. The number of halogens is 1. The van der Waals surface area contributed by atoms with E-state index in [1.54, 1.807) is 43.3 Å². The Morgan fingerprint density at radius 2 is 1.95 bits per heavy atom.